The molecule has 0 saturated carbocycles. The Morgan fingerprint density at radius 1 is 1.33 bits per heavy atom. The molecule has 0 fully saturated rings. The molecule has 0 aliphatic carbocycles. The summed E-state index contributed by atoms with van der Waals surface area (Å²) in [5.74, 6) is -0.452. The summed E-state index contributed by atoms with van der Waals surface area (Å²) in [7, 11) is 0. The maximum Gasteiger partial charge on any atom is 0.220 e. The number of aliphatic hydroxyl groups excluding tert-OH is 1. The first-order valence-electron chi connectivity index (χ1n) is 5.18. The number of rotatable bonds is 6. The van der Waals surface area contributed by atoms with Gasteiger partial charge in [0.1, 0.15) is 0 Å². The highest BCUT2D eigenvalue weighted by molar-refractivity contribution is 5.76. The highest BCUT2D eigenvalue weighted by Crippen LogP contribution is 2.13. The third-order valence-electron chi connectivity index (χ3n) is 2.44. The van der Waals surface area contributed by atoms with Crippen molar-refractivity contribution in [1.29, 1.82) is 0 Å². The minimum atomic E-state index is -0.285. The van der Waals surface area contributed by atoms with Gasteiger partial charge in [0.2, 0.25) is 5.91 Å². The number of carbonyl (C=O) groups excluding carboxylic acids is 1. The molecule has 0 radical (unpaired) electrons. The zero-order valence-electron chi connectivity index (χ0n) is 8.73. The van der Waals surface area contributed by atoms with E-state index >= 15 is 0 Å². The number of hydrogen-bond acceptors (Lipinski definition) is 2. The zero-order valence-corrected chi connectivity index (χ0v) is 8.73. The topological polar surface area (TPSA) is 63.3 Å². The molecule has 1 amide bonds. The molecule has 82 valence electrons. The molecular formula is C12H17NO2. The first-order valence-corrected chi connectivity index (χ1v) is 5.18. The molecule has 3 N–H and O–H groups in total. The van der Waals surface area contributed by atoms with Crippen molar-refractivity contribution in [3.05, 3.63) is 35.9 Å². The van der Waals surface area contributed by atoms with Crippen molar-refractivity contribution in [3.8, 4) is 0 Å². The Labute approximate surface area is 89.9 Å². The van der Waals surface area contributed by atoms with Crippen molar-refractivity contribution in [1.82, 2.24) is 0 Å². The summed E-state index contributed by atoms with van der Waals surface area (Å²) < 4.78 is 0. The van der Waals surface area contributed by atoms with Crippen LogP contribution in [0.4, 0.5) is 0 Å². The fraction of sp³-hybridized carbons (Fsp3) is 0.417. The molecular weight excluding hydrogens is 190 g/mol. The summed E-state index contributed by atoms with van der Waals surface area (Å²) in [6, 6.07) is 9.79. The third-order valence-corrected chi connectivity index (χ3v) is 2.44. The van der Waals surface area contributed by atoms with E-state index in [0.29, 0.717) is 19.3 Å². The number of aliphatic hydroxyl groups is 1. The number of hydrogen-bond donors (Lipinski definition) is 2. The van der Waals surface area contributed by atoms with Crippen molar-refractivity contribution >= 4 is 5.91 Å². The van der Waals surface area contributed by atoms with E-state index in [4.69, 9.17) is 10.8 Å². The minimum Gasteiger partial charge on any atom is -0.396 e. The molecule has 0 aliphatic heterocycles. The average Bonchev–Trinajstić information content (AvgIpc) is 2.25. The van der Waals surface area contributed by atoms with Crippen molar-refractivity contribution in [2.75, 3.05) is 6.61 Å². The van der Waals surface area contributed by atoms with E-state index in [2.05, 4.69) is 0 Å². The molecule has 0 saturated heterocycles. The van der Waals surface area contributed by atoms with Gasteiger partial charge in [0.25, 0.3) is 0 Å². The SMILES string of the molecule is NC(=O)C(CCCO)Cc1ccccc1. The van der Waals surface area contributed by atoms with Crippen LogP contribution in [0.1, 0.15) is 18.4 Å². The van der Waals surface area contributed by atoms with Crippen molar-refractivity contribution in [2.24, 2.45) is 11.7 Å². The maximum atomic E-state index is 11.2. The van der Waals surface area contributed by atoms with Gasteiger partial charge >= 0.3 is 0 Å². The highest BCUT2D eigenvalue weighted by Gasteiger charge is 2.14. The molecule has 1 rings (SSSR count). The Hall–Kier alpha value is -1.35. The Morgan fingerprint density at radius 3 is 2.53 bits per heavy atom. The van der Waals surface area contributed by atoms with E-state index in [0.717, 1.165) is 5.56 Å². The van der Waals surface area contributed by atoms with Crippen LogP contribution in [-0.4, -0.2) is 17.6 Å². The monoisotopic (exact) mass is 207 g/mol. The van der Waals surface area contributed by atoms with Crippen molar-refractivity contribution < 1.29 is 9.90 Å². The summed E-state index contributed by atoms with van der Waals surface area (Å²) >= 11 is 0. The number of amides is 1. The number of carbonyl (C=O) groups is 1. The molecule has 0 aromatic heterocycles. The second kappa shape index (κ2) is 6.19. The van der Waals surface area contributed by atoms with Crippen LogP contribution < -0.4 is 5.73 Å². The molecule has 3 heteroatoms. The molecule has 0 bridgehead atoms. The lowest BCUT2D eigenvalue weighted by Gasteiger charge is -2.12. The molecule has 15 heavy (non-hydrogen) atoms. The van der Waals surface area contributed by atoms with Gasteiger partial charge in [0.05, 0.1) is 0 Å². The van der Waals surface area contributed by atoms with E-state index in [1.165, 1.54) is 0 Å². The number of primary amides is 1. The normalized spacial score (nSPS) is 12.3. The lowest BCUT2D eigenvalue weighted by molar-refractivity contribution is -0.122. The van der Waals surface area contributed by atoms with Gasteiger partial charge in [-0.2, -0.15) is 0 Å². The number of benzene rings is 1. The van der Waals surface area contributed by atoms with Gasteiger partial charge in [0, 0.05) is 12.5 Å². The largest absolute Gasteiger partial charge is 0.396 e. The van der Waals surface area contributed by atoms with Gasteiger partial charge in [-0.15, -0.1) is 0 Å². The Kier molecular flexibility index (Phi) is 4.84. The van der Waals surface area contributed by atoms with Crippen molar-refractivity contribution in [2.45, 2.75) is 19.3 Å². The summed E-state index contributed by atoms with van der Waals surface area (Å²) in [6.07, 6.45) is 1.94. The first kappa shape index (κ1) is 11.7. The fourth-order valence-electron chi connectivity index (χ4n) is 1.58. The van der Waals surface area contributed by atoms with Crippen LogP contribution in [0.5, 0.6) is 0 Å². The van der Waals surface area contributed by atoms with E-state index in [1.807, 2.05) is 30.3 Å². The van der Waals surface area contributed by atoms with E-state index in [-0.39, 0.29) is 18.4 Å². The minimum absolute atomic E-state index is 0.110. The first-order chi connectivity index (χ1) is 7.24. The summed E-state index contributed by atoms with van der Waals surface area (Å²) in [4.78, 5) is 11.2. The predicted octanol–water partition coefficient (Wildman–Crippen LogP) is 1.10. The molecule has 3 nitrogen and oxygen atoms in total. The zero-order chi connectivity index (χ0) is 11.1. The lowest BCUT2D eigenvalue weighted by atomic mass is 9.94. The Balaban J connectivity index is 2.55. The smallest absolute Gasteiger partial charge is 0.220 e. The summed E-state index contributed by atoms with van der Waals surface area (Å²) in [5, 5.41) is 8.71. The molecule has 1 atom stereocenters. The summed E-state index contributed by atoms with van der Waals surface area (Å²) in [6.45, 7) is 0.110. The Bertz CT molecular complexity index is 298. The molecule has 1 unspecified atom stereocenters. The van der Waals surface area contributed by atoms with Crippen LogP contribution in [0.3, 0.4) is 0 Å². The fourth-order valence-corrected chi connectivity index (χ4v) is 1.58. The lowest BCUT2D eigenvalue weighted by Crippen LogP contribution is -2.25. The van der Waals surface area contributed by atoms with Gasteiger partial charge in [-0.1, -0.05) is 30.3 Å². The molecule has 0 spiro atoms. The van der Waals surface area contributed by atoms with Crippen LogP contribution >= 0.6 is 0 Å². The van der Waals surface area contributed by atoms with E-state index < -0.39 is 0 Å². The third kappa shape index (κ3) is 4.13. The highest BCUT2D eigenvalue weighted by atomic mass is 16.2. The van der Waals surface area contributed by atoms with Gasteiger partial charge in [-0.25, -0.2) is 0 Å². The van der Waals surface area contributed by atoms with Crippen molar-refractivity contribution in [3.63, 3.8) is 0 Å². The summed E-state index contributed by atoms with van der Waals surface area (Å²) in [5.41, 5.74) is 6.42. The van der Waals surface area contributed by atoms with E-state index in [9.17, 15) is 4.79 Å². The van der Waals surface area contributed by atoms with Gasteiger partial charge in [0.15, 0.2) is 0 Å². The van der Waals surface area contributed by atoms with Gasteiger partial charge in [-0.05, 0) is 24.8 Å². The quantitative estimate of drug-likeness (QED) is 0.733. The average molecular weight is 207 g/mol. The van der Waals surface area contributed by atoms with Crippen LogP contribution in [-0.2, 0) is 11.2 Å². The van der Waals surface area contributed by atoms with Crippen LogP contribution in [0.25, 0.3) is 0 Å². The van der Waals surface area contributed by atoms with E-state index in [1.54, 1.807) is 0 Å². The Morgan fingerprint density at radius 2 is 2.00 bits per heavy atom. The van der Waals surface area contributed by atoms with Crippen LogP contribution in [0.2, 0.25) is 0 Å². The second-order valence-electron chi connectivity index (χ2n) is 3.65. The molecule has 0 aliphatic rings. The van der Waals surface area contributed by atoms with Gasteiger partial charge < -0.3 is 10.8 Å². The standard InChI is InChI=1S/C12H17NO2/c13-12(15)11(7-4-8-14)9-10-5-2-1-3-6-10/h1-3,5-6,11,14H,4,7-9H2,(H2,13,15). The van der Waals surface area contributed by atoms with Crippen LogP contribution in [0.15, 0.2) is 30.3 Å². The second-order valence-corrected chi connectivity index (χ2v) is 3.65. The molecule has 1 aromatic carbocycles. The predicted molar refractivity (Wildman–Crippen MR) is 59.2 cm³/mol. The maximum absolute atomic E-state index is 11.2. The molecule has 0 heterocycles. The number of nitrogens with two attached hydrogens (primary N) is 1. The van der Waals surface area contributed by atoms with Crippen LogP contribution in [0, 0.1) is 5.92 Å². The molecule has 1 aromatic rings. The van der Waals surface area contributed by atoms with Gasteiger partial charge in [-0.3, -0.25) is 4.79 Å².